The Bertz CT molecular complexity index is 1050. The Morgan fingerprint density at radius 2 is 2.03 bits per heavy atom. The van der Waals surface area contributed by atoms with Crippen LogP contribution in [-0.2, 0) is 11.3 Å². The second-order valence-electron chi connectivity index (χ2n) is 7.70. The van der Waals surface area contributed by atoms with Gasteiger partial charge in [0.15, 0.2) is 0 Å². The number of amides is 1. The van der Waals surface area contributed by atoms with E-state index in [0.717, 1.165) is 41.2 Å². The van der Waals surface area contributed by atoms with E-state index in [4.69, 9.17) is 9.15 Å². The van der Waals surface area contributed by atoms with Crippen LogP contribution in [0, 0.1) is 20.8 Å². The van der Waals surface area contributed by atoms with E-state index in [1.165, 1.54) is 6.42 Å². The molecule has 7 heteroatoms. The molecule has 2 heterocycles. The number of carbonyl (C=O) groups excluding carboxylic acids is 1. The van der Waals surface area contributed by atoms with Crippen LogP contribution >= 0.6 is 0 Å². The lowest BCUT2D eigenvalue weighted by atomic mass is 9.85. The molecule has 0 bridgehead atoms. The van der Waals surface area contributed by atoms with Gasteiger partial charge in [-0.05, 0) is 57.4 Å². The van der Waals surface area contributed by atoms with Gasteiger partial charge in [-0.25, -0.2) is 0 Å². The second-order valence-corrected chi connectivity index (χ2v) is 7.70. The van der Waals surface area contributed by atoms with E-state index in [9.17, 15) is 4.79 Å². The van der Waals surface area contributed by atoms with Crippen molar-refractivity contribution >= 4 is 11.6 Å². The minimum Gasteiger partial charge on any atom is -0.495 e. The highest BCUT2D eigenvalue weighted by molar-refractivity contribution is 5.92. The number of benzene rings is 1. The molecule has 1 aliphatic carbocycles. The van der Waals surface area contributed by atoms with E-state index in [2.05, 4.69) is 15.5 Å². The van der Waals surface area contributed by atoms with Gasteiger partial charge in [-0.15, -0.1) is 10.2 Å². The van der Waals surface area contributed by atoms with E-state index in [0.29, 0.717) is 23.2 Å². The third kappa shape index (κ3) is 3.77. The van der Waals surface area contributed by atoms with Crippen molar-refractivity contribution in [1.82, 2.24) is 14.8 Å². The molecule has 152 valence electrons. The predicted octanol–water partition coefficient (Wildman–Crippen LogP) is 4.38. The van der Waals surface area contributed by atoms with Crippen molar-refractivity contribution in [2.75, 3.05) is 12.4 Å². The van der Waals surface area contributed by atoms with E-state index in [1.54, 1.807) is 7.11 Å². The fraction of sp³-hybridized carbons (Fsp3) is 0.409. The van der Waals surface area contributed by atoms with Gasteiger partial charge in [-0.3, -0.25) is 4.79 Å². The summed E-state index contributed by atoms with van der Waals surface area (Å²) in [7, 11) is 1.59. The van der Waals surface area contributed by atoms with Crippen LogP contribution in [0.15, 0.2) is 28.7 Å². The fourth-order valence-corrected chi connectivity index (χ4v) is 3.68. The number of hydrogen-bond acceptors (Lipinski definition) is 5. The van der Waals surface area contributed by atoms with Crippen LogP contribution in [0.2, 0.25) is 0 Å². The Kier molecular flexibility index (Phi) is 5.13. The first-order valence-corrected chi connectivity index (χ1v) is 9.91. The summed E-state index contributed by atoms with van der Waals surface area (Å²) in [6, 6.07) is 7.69. The van der Waals surface area contributed by atoms with Crippen molar-refractivity contribution < 1.29 is 13.9 Å². The molecule has 0 unspecified atom stereocenters. The molecule has 0 spiro atoms. The summed E-state index contributed by atoms with van der Waals surface area (Å²) in [5, 5.41) is 11.4. The maximum absolute atomic E-state index is 12.7. The average Bonchev–Trinajstić information content (AvgIpc) is 3.21. The zero-order chi connectivity index (χ0) is 20.5. The lowest BCUT2D eigenvalue weighted by Gasteiger charge is -2.20. The van der Waals surface area contributed by atoms with Gasteiger partial charge in [0, 0.05) is 17.3 Å². The number of nitrogens with zero attached hydrogens (tertiary/aromatic N) is 3. The third-order valence-corrected chi connectivity index (χ3v) is 5.63. The Balaban J connectivity index is 1.53. The monoisotopic (exact) mass is 394 g/mol. The Labute approximate surface area is 170 Å². The van der Waals surface area contributed by atoms with Crippen molar-refractivity contribution in [1.29, 1.82) is 0 Å². The van der Waals surface area contributed by atoms with Crippen LogP contribution in [0.4, 0.5) is 5.69 Å². The number of aromatic nitrogens is 3. The van der Waals surface area contributed by atoms with Crippen LogP contribution < -0.4 is 10.1 Å². The minimum atomic E-state index is -0.122. The number of anilines is 1. The van der Waals surface area contributed by atoms with Crippen LogP contribution in [0.1, 0.15) is 48.0 Å². The Morgan fingerprint density at radius 1 is 1.24 bits per heavy atom. The molecule has 1 fully saturated rings. The van der Waals surface area contributed by atoms with E-state index < -0.39 is 0 Å². The number of carbonyl (C=O) groups is 1. The molecule has 3 aromatic rings. The van der Waals surface area contributed by atoms with E-state index >= 15 is 0 Å². The van der Waals surface area contributed by atoms with Gasteiger partial charge in [-0.1, -0.05) is 12.5 Å². The van der Waals surface area contributed by atoms with Crippen LogP contribution in [0.3, 0.4) is 0 Å². The van der Waals surface area contributed by atoms with Gasteiger partial charge in [0.25, 0.3) is 0 Å². The maximum Gasteiger partial charge on any atom is 0.249 e. The topological polar surface area (TPSA) is 82.2 Å². The quantitative estimate of drug-likeness (QED) is 0.671. The molecule has 29 heavy (non-hydrogen) atoms. The molecular formula is C22H26N4O3. The van der Waals surface area contributed by atoms with Crippen molar-refractivity contribution in [3.63, 3.8) is 0 Å². The SMILES string of the molecule is COc1ccc(C)cc1NC(=O)Cn1c(C)cc(-c2nnc(C3CCC3)o2)c1C. The molecule has 4 rings (SSSR count). The zero-order valence-corrected chi connectivity index (χ0v) is 17.3. The summed E-state index contributed by atoms with van der Waals surface area (Å²) in [4.78, 5) is 12.7. The molecular weight excluding hydrogens is 368 g/mol. The molecule has 0 atom stereocenters. The van der Waals surface area contributed by atoms with Crippen molar-refractivity contribution in [3.8, 4) is 17.2 Å². The first kappa shape index (κ1) is 19.2. The predicted molar refractivity (Wildman–Crippen MR) is 110 cm³/mol. The highest BCUT2D eigenvalue weighted by Crippen LogP contribution is 2.37. The normalized spacial score (nSPS) is 13.9. The highest BCUT2D eigenvalue weighted by Gasteiger charge is 2.26. The summed E-state index contributed by atoms with van der Waals surface area (Å²) >= 11 is 0. The van der Waals surface area contributed by atoms with Crippen LogP contribution in [0.25, 0.3) is 11.5 Å². The van der Waals surface area contributed by atoms with Crippen LogP contribution in [-0.4, -0.2) is 27.8 Å². The largest absolute Gasteiger partial charge is 0.495 e. The first-order valence-electron chi connectivity index (χ1n) is 9.91. The molecule has 1 N–H and O–H groups in total. The summed E-state index contributed by atoms with van der Waals surface area (Å²) in [6.45, 7) is 6.11. The molecule has 0 radical (unpaired) electrons. The molecule has 1 aliphatic rings. The number of rotatable bonds is 6. The lowest BCUT2D eigenvalue weighted by Crippen LogP contribution is -2.20. The second kappa shape index (κ2) is 7.73. The molecule has 1 amide bonds. The van der Waals surface area contributed by atoms with Gasteiger partial charge >= 0.3 is 0 Å². The van der Waals surface area contributed by atoms with Gasteiger partial charge < -0.3 is 19.0 Å². The standard InChI is InChI=1S/C22H26N4O3/c1-13-8-9-19(28-4)18(10-13)23-20(27)12-26-14(2)11-17(15(26)3)22-25-24-21(29-22)16-6-5-7-16/h8-11,16H,5-7,12H2,1-4H3,(H,23,27). The Morgan fingerprint density at radius 3 is 2.72 bits per heavy atom. The number of aryl methyl sites for hydroxylation is 2. The number of ether oxygens (including phenoxy) is 1. The maximum atomic E-state index is 12.7. The summed E-state index contributed by atoms with van der Waals surface area (Å²) in [5.74, 6) is 2.16. The molecule has 7 nitrogen and oxygen atoms in total. The Hall–Kier alpha value is -3.09. The van der Waals surface area contributed by atoms with Gasteiger partial charge in [0.05, 0.1) is 18.4 Å². The number of nitrogens with one attached hydrogen (secondary N) is 1. The van der Waals surface area contributed by atoms with E-state index in [1.807, 2.05) is 49.6 Å². The fourth-order valence-electron chi connectivity index (χ4n) is 3.68. The van der Waals surface area contributed by atoms with Gasteiger partial charge in [0.2, 0.25) is 17.7 Å². The minimum absolute atomic E-state index is 0.122. The van der Waals surface area contributed by atoms with E-state index in [-0.39, 0.29) is 12.5 Å². The number of methoxy groups -OCH3 is 1. The first-order chi connectivity index (χ1) is 14.0. The smallest absolute Gasteiger partial charge is 0.249 e. The van der Waals surface area contributed by atoms with Crippen molar-refractivity contribution in [2.24, 2.45) is 0 Å². The third-order valence-electron chi connectivity index (χ3n) is 5.63. The average molecular weight is 394 g/mol. The molecule has 0 aliphatic heterocycles. The zero-order valence-electron chi connectivity index (χ0n) is 17.3. The summed E-state index contributed by atoms with van der Waals surface area (Å²) in [6.07, 6.45) is 3.45. The summed E-state index contributed by atoms with van der Waals surface area (Å²) < 4.78 is 13.2. The molecule has 0 saturated heterocycles. The van der Waals surface area contributed by atoms with Crippen LogP contribution in [0.5, 0.6) is 5.75 Å². The van der Waals surface area contributed by atoms with Crippen molar-refractivity contribution in [3.05, 3.63) is 47.1 Å². The molecule has 2 aromatic heterocycles. The highest BCUT2D eigenvalue weighted by atomic mass is 16.5. The lowest BCUT2D eigenvalue weighted by molar-refractivity contribution is -0.116. The molecule has 1 saturated carbocycles. The molecule has 1 aromatic carbocycles. The van der Waals surface area contributed by atoms with Crippen molar-refractivity contribution in [2.45, 2.75) is 52.5 Å². The van der Waals surface area contributed by atoms with Gasteiger partial charge in [0.1, 0.15) is 12.3 Å². The number of hydrogen-bond donors (Lipinski definition) is 1. The van der Waals surface area contributed by atoms with Gasteiger partial charge in [-0.2, -0.15) is 0 Å². The summed E-state index contributed by atoms with van der Waals surface area (Å²) in [5.41, 5.74) is 4.49.